The van der Waals surface area contributed by atoms with Gasteiger partial charge in [0, 0.05) is 70.0 Å². The van der Waals surface area contributed by atoms with Crippen LogP contribution in [-0.4, -0.2) is 50.3 Å². The summed E-state index contributed by atoms with van der Waals surface area (Å²) in [5.74, 6) is 1.79. The van der Waals surface area contributed by atoms with E-state index >= 15 is 0 Å². The molecule has 4 rings (SSSR count). The van der Waals surface area contributed by atoms with Crippen molar-refractivity contribution >= 4 is 0 Å². The predicted octanol–water partition coefficient (Wildman–Crippen LogP) is -0.0869. The summed E-state index contributed by atoms with van der Waals surface area (Å²) in [5.41, 5.74) is 1.03. The van der Waals surface area contributed by atoms with Crippen molar-refractivity contribution in [3.63, 3.8) is 0 Å². The fraction of sp³-hybridized carbons (Fsp3) is 1.00. The third-order valence-electron chi connectivity index (χ3n) is 5.78. The standard InChI is InChI=1S/2C7H14N2.Y/c2*1-6-4-9-7(6)2-3-8-5-7;/h2*6,8-9H,2-5H2,1H3;/t2*6-,7-;/m00./s1. The summed E-state index contributed by atoms with van der Waals surface area (Å²) >= 11 is 0. The van der Waals surface area contributed by atoms with E-state index < -0.39 is 0 Å². The molecule has 0 saturated carbocycles. The molecule has 0 aromatic rings. The van der Waals surface area contributed by atoms with E-state index in [0.29, 0.717) is 11.1 Å². The molecule has 5 heteroatoms. The average Bonchev–Trinajstić information content (AvgIpc) is 3.06. The summed E-state index contributed by atoms with van der Waals surface area (Å²) in [6, 6.07) is 0. The predicted molar refractivity (Wildman–Crippen MR) is 74.8 cm³/mol. The van der Waals surface area contributed by atoms with Crippen molar-refractivity contribution in [2.45, 2.75) is 37.8 Å². The monoisotopic (exact) mass is 341 g/mol. The van der Waals surface area contributed by atoms with Crippen LogP contribution < -0.4 is 21.3 Å². The van der Waals surface area contributed by atoms with Crippen LogP contribution in [-0.2, 0) is 32.7 Å². The van der Waals surface area contributed by atoms with Crippen molar-refractivity contribution in [3.05, 3.63) is 0 Å². The summed E-state index contributed by atoms with van der Waals surface area (Å²) in [4.78, 5) is 0. The molecule has 4 saturated heterocycles. The van der Waals surface area contributed by atoms with Crippen LogP contribution in [0.3, 0.4) is 0 Å². The molecule has 0 bridgehead atoms. The van der Waals surface area contributed by atoms with Crippen molar-refractivity contribution < 1.29 is 32.7 Å². The van der Waals surface area contributed by atoms with Crippen molar-refractivity contribution in [2.24, 2.45) is 11.8 Å². The third kappa shape index (κ3) is 2.95. The molecule has 19 heavy (non-hydrogen) atoms. The molecule has 107 valence electrons. The zero-order valence-electron chi connectivity index (χ0n) is 12.4. The molecule has 4 aliphatic rings. The number of hydrogen-bond donors (Lipinski definition) is 4. The Labute approximate surface area is 142 Å². The molecule has 4 heterocycles. The van der Waals surface area contributed by atoms with E-state index in [1.807, 2.05) is 0 Å². The van der Waals surface area contributed by atoms with E-state index in [2.05, 4.69) is 35.1 Å². The van der Waals surface area contributed by atoms with Crippen molar-refractivity contribution in [1.29, 1.82) is 0 Å². The molecule has 4 N–H and O–H groups in total. The SMILES string of the molecule is C[C@H]1CN[C@]12CCNC2.C[C@H]1CN[C@]12CCNC2.[Y]. The second kappa shape index (κ2) is 6.37. The van der Waals surface area contributed by atoms with Gasteiger partial charge in [-0.25, -0.2) is 0 Å². The molecule has 4 nitrogen and oxygen atoms in total. The summed E-state index contributed by atoms with van der Waals surface area (Å²) < 4.78 is 0. The van der Waals surface area contributed by atoms with Crippen LogP contribution in [0.25, 0.3) is 0 Å². The van der Waals surface area contributed by atoms with Gasteiger partial charge in [0.25, 0.3) is 0 Å². The molecule has 0 aliphatic carbocycles. The normalized spacial score (nSPS) is 47.1. The molecular weight excluding hydrogens is 313 g/mol. The van der Waals surface area contributed by atoms with E-state index in [1.54, 1.807) is 0 Å². The maximum Gasteiger partial charge on any atom is 0.0356 e. The summed E-state index contributed by atoms with van der Waals surface area (Å²) in [6.45, 7) is 11.9. The van der Waals surface area contributed by atoms with Gasteiger partial charge in [-0.2, -0.15) is 0 Å². The molecule has 0 aromatic carbocycles. The number of hydrogen-bond acceptors (Lipinski definition) is 4. The van der Waals surface area contributed by atoms with Gasteiger partial charge in [-0.1, -0.05) is 13.8 Å². The van der Waals surface area contributed by atoms with Crippen molar-refractivity contribution in [3.8, 4) is 0 Å². The van der Waals surface area contributed by atoms with Gasteiger partial charge in [-0.15, -0.1) is 0 Å². The quantitative estimate of drug-likeness (QED) is 0.498. The fourth-order valence-electron chi connectivity index (χ4n) is 3.76. The minimum Gasteiger partial charge on any atom is -0.315 e. The van der Waals surface area contributed by atoms with Gasteiger partial charge >= 0.3 is 0 Å². The Hall–Kier alpha value is 0.944. The van der Waals surface area contributed by atoms with E-state index in [0.717, 1.165) is 11.8 Å². The molecule has 1 radical (unpaired) electrons. The maximum absolute atomic E-state index is 3.51. The molecule has 4 fully saturated rings. The first-order chi connectivity index (χ1) is 8.67. The molecule has 2 spiro atoms. The Bertz CT molecular complexity index is 268. The Morgan fingerprint density at radius 3 is 1.32 bits per heavy atom. The maximum atomic E-state index is 3.51. The average molecular weight is 341 g/mol. The van der Waals surface area contributed by atoms with Crippen LogP contribution in [0.4, 0.5) is 0 Å². The van der Waals surface area contributed by atoms with Crippen LogP contribution in [0.1, 0.15) is 26.7 Å². The Kier molecular flexibility index (Phi) is 5.47. The van der Waals surface area contributed by atoms with Gasteiger partial charge in [0.15, 0.2) is 0 Å². The molecule has 0 amide bonds. The second-order valence-electron chi connectivity index (χ2n) is 6.73. The number of rotatable bonds is 0. The van der Waals surface area contributed by atoms with Gasteiger partial charge in [0.05, 0.1) is 0 Å². The minimum absolute atomic E-state index is 0. The largest absolute Gasteiger partial charge is 0.315 e. The molecule has 0 unspecified atom stereocenters. The first kappa shape index (κ1) is 16.3. The van der Waals surface area contributed by atoms with Crippen LogP contribution >= 0.6 is 0 Å². The molecular formula is C14H28N4Y. The second-order valence-corrected chi connectivity index (χ2v) is 6.73. The van der Waals surface area contributed by atoms with E-state index in [9.17, 15) is 0 Å². The Balaban J connectivity index is 0.000000133. The van der Waals surface area contributed by atoms with E-state index in [-0.39, 0.29) is 32.7 Å². The van der Waals surface area contributed by atoms with Crippen LogP contribution in [0.2, 0.25) is 0 Å². The first-order valence-electron chi connectivity index (χ1n) is 7.58. The summed E-state index contributed by atoms with van der Waals surface area (Å²) in [5, 5.41) is 13.8. The van der Waals surface area contributed by atoms with Gasteiger partial charge in [-0.05, 0) is 37.8 Å². The Morgan fingerprint density at radius 1 is 0.789 bits per heavy atom. The van der Waals surface area contributed by atoms with Crippen LogP contribution in [0.15, 0.2) is 0 Å². The van der Waals surface area contributed by atoms with Gasteiger partial charge in [0.1, 0.15) is 0 Å². The van der Waals surface area contributed by atoms with Gasteiger partial charge < -0.3 is 21.3 Å². The number of nitrogens with one attached hydrogen (secondary N) is 4. The smallest absolute Gasteiger partial charge is 0.0356 e. The van der Waals surface area contributed by atoms with Crippen LogP contribution in [0, 0.1) is 11.8 Å². The summed E-state index contributed by atoms with van der Waals surface area (Å²) in [6.07, 6.45) is 2.66. The van der Waals surface area contributed by atoms with Gasteiger partial charge in [-0.3, -0.25) is 0 Å². The first-order valence-corrected chi connectivity index (χ1v) is 7.58. The molecule has 4 atom stereocenters. The van der Waals surface area contributed by atoms with Gasteiger partial charge in [0.2, 0.25) is 0 Å². The fourth-order valence-corrected chi connectivity index (χ4v) is 3.76. The minimum atomic E-state index is 0. The summed E-state index contributed by atoms with van der Waals surface area (Å²) in [7, 11) is 0. The topological polar surface area (TPSA) is 48.1 Å². The van der Waals surface area contributed by atoms with E-state index in [1.165, 1.54) is 52.1 Å². The molecule has 4 aliphatic heterocycles. The van der Waals surface area contributed by atoms with Crippen molar-refractivity contribution in [2.75, 3.05) is 39.3 Å². The Morgan fingerprint density at radius 2 is 1.21 bits per heavy atom. The van der Waals surface area contributed by atoms with E-state index in [4.69, 9.17) is 0 Å². The van der Waals surface area contributed by atoms with Crippen molar-refractivity contribution in [1.82, 2.24) is 21.3 Å². The molecule has 0 aromatic heterocycles. The van der Waals surface area contributed by atoms with Crippen LogP contribution in [0.5, 0.6) is 0 Å². The zero-order valence-corrected chi connectivity index (χ0v) is 15.2. The zero-order chi connectivity index (χ0) is 12.6. The third-order valence-corrected chi connectivity index (χ3v) is 5.78.